The molecule has 0 amide bonds. The first kappa shape index (κ1) is 12.0. The van der Waals surface area contributed by atoms with Gasteiger partial charge in [-0.3, -0.25) is 9.59 Å². The lowest BCUT2D eigenvalue weighted by Crippen LogP contribution is -2.12. The molecule has 0 saturated heterocycles. The number of nitrogen functional groups attached to an aromatic ring is 1. The van der Waals surface area contributed by atoms with Crippen molar-refractivity contribution < 1.29 is 19.4 Å². The number of carbonyl (C=O) groups is 2. The number of nitrogens with two attached hydrogens (primary N) is 1. The number of anilines is 1. The van der Waals surface area contributed by atoms with Crippen LogP contribution in [0.25, 0.3) is 0 Å². The highest BCUT2D eigenvalue weighted by Gasteiger charge is 2.07. The predicted molar refractivity (Wildman–Crippen MR) is 57.8 cm³/mol. The van der Waals surface area contributed by atoms with Crippen molar-refractivity contribution in [3.8, 4) is 0 Å². The van der Waals surface area contributed by atoms with Crippen molar-refractivity contribution in [3.63, 3.8) is 0 Å². The summed E-state index contributed by atoms with van der Waals surface area (Å²) in [5, 5.41) is 8.35. The minimum atomic E-state index is -0.993. The minimum absolute atomic E-state index is 0.0618. The van der Waals surface area contributed by atoms with E-state index in [1.807, 2.05) is 0 Å². The normalized spacial score (nSPS) is 9.75. The fraction of sp³-hybridized carbons (Fsp3) is 0.273. The van der Waals surface area contributed by atoms with Crippen molar-refractivity contribution in [2.45, 2.75) is 12.8 Å². The van der Waals surface area contributed by atoms with E-state index in [9.17, 15) is 9.59 Å². The number of rotatable bonds is 5. The van der Waals surface area contributed by atoms with Crippen molar-refractivity contribution in [1.29, 1.82) is 0 Å². The van der Waals surface area contributed by atoms with Crippen LogP contribution >= 0.6 is 0 Å². The molecule has 0 spiro atoms. The number of benzene rings is 1. The standard InChI is InChI=1S/C11H13NO4/c12-9-4-2-1-3-8(9)7-11(15)16-6-5-10(13)14/h1-4H,5-7,12H2,(H,13,14). The molecule has 0 saturated carbocycles. The highest BCUT2D eigenvalue weighted by Crippen LogP contribution is 2.11. The lowest BCUT2D eigenvalue weighted by molar-refractivity contribution is -0.145. The van der Waals surface area contributed by atoms with Gasteiger partial charge in [-0.1, -0.05) is 18.2 Å². The van der Waals surface area contributed by atoms with Gasteiger partial charge in [0.2, 0.25) is 0 Å². The molecule has 0 aliphatic rings. The first-order chi connectivity index (χ1) is 7.59. The molecule has 0 aromatic heterocycles. The van der Waals surface area contributed by atoms with Crippen LogP contribution in [0.4, 0.5) is 5.69 Å². The Hall–Kier alpha value is -2.04. The Labute approximate surface area is 92.8 Å². The van der Waals surface area contributed by atoms with E-state index in [2.05, 4.69) is 0 Å². The van der Waals surface area contributed by atoms with E-state index < -0.39 is 11.9 Å². The zero-order valence-corrected chi connectivity index (χ0v) is 8.68. The second-order valence-electron chi connectivity index (χ2n) is 3.24. The number of hydrogen-bond donors (Lipinski definition) is 2. The second kappa shape index (κ2) is 5.75. The van der Waals surface area contributed by atoms with Crippen LogP contribution in [0.3, 0.4) is 0 Å². The first-order valence-corrected chi connectivity index (χ1v) is 4.80. The van der Waals surface area contributed by atoms with Crippen LogP contribution in [0.1, 0.15) is 12.0 Å². The molecular weight excluding hydrogens is 210 g/mol. The molecule has 0 heterocycles. The number of carbonyl (C=O) groups excluding carboxylic acids is 1. The minimum Gasteiger partial charge on any atom is -0.481 e. The Morgan fingerprint density at radius 3 is 2.62 bits per heavy atom. The lowest BCUT2D eigenvalue weighted by atomic mass is 10.1. The van der Waals surface area contributed by atoms with Gasteiger partial charge in [0.25, 0.3) is 0 Å². The Kier molecular flexibility index (Phi) is 4.32. The summed E-state index contributed by atoms with van der Waals surface area (Å²) >= 11 is 0. The van der Waals surface area contributed by atoms with E-state index in [-0.39, 0.29) is 19.4 Å². The summed E-state index contributed by atoms with van der Waals surface area (Å²) in [4.78, 5) is 21.5. The number of esters is 1. The van der Waals surface area contributed by atoms with Crippen LogP contribution in [0.5, 0.6) is 0 Å². The van der Waals surface area contributed by atoms with E-state index in [0.717, 1.165) is 0 Å². The molecule has 0 unspecified atom stereocenters. The zero-order chi connectivity index (χ0) is 12.0. The molecule has 0 aliphatic carbocycles. The van der Waals surface area contributed by atoms with Crippen LogP contribution in [-0.4, -0.2) is 23.7 Å². The van der Waals surface area contributed by atoms with Gasteiger partial charge in [-0.15, -0.1) is 0 Å². The van der Waals surface area contributed by atoms with Gasteiger partial charge in [-0.05, 0) is 11.6 Å². The van der Waals surface area contributed by atoms with Gasteiger partial charge in [0.1, 0.15) is 6.61 Å². The van der Waals surface area contributed by atoms with Crippen molar-refractivity contribution in [2.24, 2.45) is 0 Å². The Bertz CT molecular complexity index is 389. The molecule has 16 heavy (non-hydrogen) atoms. The summed E-state index contributed by atoms with van der Waals surface area (Å²) in [5.74, 6) is -1.47. The Morgan fingerprint density at radius 2 is 2.00 bits per heavy atom. The van der Waals surface area contributed by atoms with Crippen LogP contribution in [0.15, 0.2) is 24.3 Å². The fourth-order valence-electron chi connectivity index (χ4n) is 1.15. The van der Waals surface area contributed by atoms with E-state index in [1.165, 1.54) is 0 Å². The van der Waals surface area contributed by atoms with Crippen LogP contribution in [-0.2, 0) is 20.7 Å². The molecule has 0 radical (unpaired) electrons. The lowest BCUT2D eigenvalue weighted by Gasteiger charge is -2.05. The van der Waals surface area contributed by atoms with Crippen LogP contribution in [0.2, 0.25) is 0 Å². The van der Waals surface area contributed by atoms with Gasteiger partial charge in [0.15, 0.2) is 0 Å². The average molecular weight is 223 g/mol. The van der Waals surface area contributed by atoms with Gasteiger partial charge in [-0.2, -0.15) is 0 Å². The van der Waals surface area contributed by atoms with Crippen molar-refractivity contribution in [3.05, 3.63) is 29.8 Å². The highest BCUT2D eigenvalue weighted by atomic mass is 16.5. The van der Waals surface area contributed by atoms with Crippen molar-refractivity contribution in [1.82, 2.24) is 0 Å². The molecule has 1 rings (SSSR count). The smallest absolute Gasteiger partial charge is 0.310 e. The molecule has 1 aromatic rings. The number of carboxylic acid groups (broad SMARTS) is 1. The third-order valence-corrected chi connectivity index (χ3v) is 1.97. The summed E-state index contributed by atoms with van der Waals surface area (Å²) in [6.45, 7) is -0.110. The van der Waals surface area contributed by atoms with Gasteiger partial charge in [0, 0.05) is 5.69 Å². The van der Waals surface area contributed by atoms with E-state index in [1.54, 1.807) is 24.3 Å². The molecule has 0 bridgehead atoms. The van der Waals surface area contributed by atoms with E-state index in [0.29, 0.717) is 11.3 Å². The maximum Gasteiger partial charge on any atom is 0.310 e. The topological polar surface area (TPSA) is 89.6 Å². The van der Waals surface area contributed by atoms with E-state index in [4.69, 9.17) is 15.6 Å². The number of ether oxygens (including phenoxy) is 1. The van der Waals surface area contributed by atoms with Gasteiger partial charge in [0.05, 0.1) is 12.8 Å². The average Bonchev–Trinajstić information content (AvgIpc) is 2.21. The fourth-order valence-corrected chi connectivity index (χ4v) is 1.15. The molecule has 1 aromatic carbocycles. The third-order valence-electron chi connectivity index (χ3n) is 1.97. The summed E-state index contributed by atoms with van der Waals surface area (Å²) in [6, 6.07) is 6.97. The molecule has 86 valence electrons. The second-order valence-corrected chi connectivity index (χ2v) is 3.24. The Morgan fingerprint density at radius 1 is 1.31 bits per heavy atom. The number of hydrogen-bond acceptors (Lipinski definition) is 4. The maximum atomic E-state index is 11.3. The van der Waals surface area contributed by atoms with Crippen LogP contribution in [0, 0.1) is 0 Å². The summed E-state index contributed by atoms with van der Waals surface area (Å²) < 4.78 is 4.74. The SMILES string of the molecule is Nc1ccccc1CC(=O)OCCC(=O)O. The molecule has 0 fully saturated rings. The first-order valence-electron chi connectivity index (χ1n) is 4.80. The number of para-hydroxylation sites is 1. The van der Waals surface area contributed by atoms with Crippen molar-refractivity contribution in [2.75, 3.05) is 12.3 Å². The van der Waals surface area contributed by atoms with Gasteiger partial charge < -0.3 is 15.6 Å². The molecule has 0 aliphatic heterocycles. The molecule has 0 atom stereocenters. The van der Waals surface area contributed by atoms with Crippen LogP contribution < -0.4 is 5.73 Å². The zero-order valence-electron chi connectivity index (χ0n) is 8.68. The number of aliphatic carboxylic acids is 1. The summed E-state index contributed by atoms with van der Waals surface area (Å²) in [7, 11) is 0. The van der Waals surface area contributed by atoms with E-state index >= 15 is 0 Å². The number of carboxylic acids is 1. The maximum absolute atomic E-state index is 11.3. The van der Waals surface area contributed by atoms with Gasteiger partial charge >= 0.3 is 11.9 Å². The molecule has 5 heteroatoms. The molecule has 5 nitrogen and oxygen atoms in total. The molecule has 3 N–H and O–H groups in total. The quantitative estimate of drug-likeness (QED) is 0.570. The van der Waals surface area contributed by atoms with Gasteiger partial charge in [-0.25, -0.2) is 0 Å². The largest absolute Gasteiger partial charge is 0.481 e. The summed E-state index contributed by atoms with van der Waals surface area (Å²) in [6.07, 6.45) is -0.123. The van der Waals surface area contributed by atoms with Crippen molar-refractivity contribution >= 4 is 17.6 Å². The highest BCUT2D eigenvalue weighted by molar-refractivity contribution is 5.75. The Balaban J connectivity index is 2.40. The summed E-state index contributed by atoms with van der Waals surface area (Å²) in [5.41, 5.74) is 6.85. The monoisotopic (exact) mass is 223 g/mol. The molecular formula is C11H13NO4. The predicted octanol–water partition coefficient (Wildman–Crippen LogP) is 0.829. The third kappa shape index (κ3) is 4.00.